The average Bonchev–Trinajstić information content (AvgIpc) is 2.61. The first-order valence-corrected chi connectivity index (χ1v) is 8.31. The van der Waals surface area contributed by atoms with Crippen LogP contribution in [0.1, 0.15) is 24.2 Å². The Morgan fingerprint density at radius 1 is 1.36 bits per heavy atom. The summed E-state index contributed by atoms with van der Waals surface area (Å²) in [6.45, 7) is 5.40. The number of rotatable bonds is 4. The second kappa shape index (κ2) is 7.29. The van der Waals surface area contributed by atoms with Crippen molar-refractivity contribution in [1.82, 2.24) is 14.9 Å². The molecule has 0 aliphatic carbocycles. The summed E-state index contributed by atoms with van der Waals surface area (Å²) in [5.41, 5.74) is 1.62. The van der Waals surface area contributed by atoms with E-state index in [2.05, 4.69) is 9.97 Å². The van der Waals surface area contributed by atoms with E-state index in [0.29, 0.717) is 31.0 Å². The van der Waals surface area contributed by atoms with Crippen molar-refractivity contribution in [3.63, 3.8) is 0 Å². The van der Waals surface area contributed by atoms with Crippen molar-refractivity contribution in [2.75, 3.05) is 26.8 Å². The number of morpholine rings is 1. The van der Waals surface area contributed by atoms with Gasteiger partial charge in [0.1, 0.15) is 6.33 Å². The molecule has 0 N–H and O–H groups in total. The maximum atomic E-state index is 13.2. The Bertz CT molecular complexity index is 734. The number of benzene rings is 1. The van der Waals surface area contributed by atoms with Crippen LogP contribution in [0.15, 0.2) is 42.9 Å². The molecule has 0 saturated carbocycles. The zero-order chi connectivity index (χ0) is 17.9. The molecule has 132 valence electrons. The molecule has 1 saturated heterocycles. The molecule has 1 aliphatic rings. The molecular formula is C19H23N3O3. The van der Waals surface area contributed by atoms with Gasteiger partial charge in [0, 0.05) is 32.0 Å². The molecule has 1 unspecified atom stereocenters. The lowest BCUT2D eigenvalue weighted by Crippen LogP contribution is -2.55. The summed E-state index contributed by atoms with van der Waals surface area (Å²) < 4.78 is 11.2. The third kappa shape index (κ3) is 4.03. The predicted octanol–water partition coefficient (Wildman–Crippen LogP) is 2.41. The summed E-state index contributed by atoms with van der Waals surface area (Å²) in [7, 11) is 1.63. The van der Waals surface area contributed by atoms with Crippen LogP contribution >= 0.6 is 0 Å². The lowest BCUT2D eigenvalue weighted by atomic mass is 10.0. The topological polar surface area (TPSA) is 64.5 Å². The van der Waals surface area contributed by atoms with Gasteiger partial charge in [0.2, 0.25) is 0 Å². The fraction of sp³-hybridized carbons (Fsp3) is 0.421. The van der Waals surface area contributed by atoms with Crippen LogP contribution in [-0.2, 0) is 9.47 Å². The van der Waals surface area contributed by atoms with E-state index in [4.69, 9.17) is 9.47 Å². The molecule has 3 rings (SSSR count). The van der Waals surface area contributed by atoms with Gasteiger partial charge in [-0.1, -0.05) is 30.3 Å². The summed E-state index contributed by atoms with van der Waals surface area (Å²) in [5, 5.41) is 0. The predicted molar refractivity (Wildman–Crippen MR) is 94.2 cm³/mol. The van der Waals surface area contributed by atoms with E-state index >= 15 is 0 Å². The van der Waals surface area contributed by atoms with E-state index in [0.717, 1.165) is 5.56 Å². The van der Waals surface area contributed by atoms with E-state index in [1.54, 1.807) is 18.2 Å². The first kappa shape index (κ1) is 17.5. The van der Waals surface area contributed by atoms with Crippen molar-refractivity contribution in [3.8, 4) is 11.3 Å². The molecule has 1 aromatic heterocycles. The van der Waals surface area contributed by atoms with Crippen LogP contribution in [0.3, 0.4) is 0 Å². The lowest BCUT2D eigenvalue weighted by molar-refractivity contribution is -0.143. The summed E-state index contributed by atoms with van der Waals surface area (Å²) >= 11 is 0. The van der Waals surface area contributed by atoms with Crippen LogP contribution in [0.4, 0.5) is 0 Å². The Morgan fingerprint density at radius 2 is 2.12 bits per heavy atom. The quantitative estimate of drug-likeness (QED) is 0.854. The van der Waals surface area contributed by atoms with Gasteiger partial charge in [-0.2, -0.15) is 0 Å². The molecule has 1 fully saturated rings. The summed E-state index contributed by atoms with van der Waals surface area (Å²) in [6, 6.07) is 9.68. The van der Waals surface area contributed by atoms with E-state index in [9.17, 15) is 4.79 Å². The second-order valence-corrected chi connectivity index (χ2v) is 6.79. The van der Waals surface area contributed by atoms with Gasteiger partial charge in [-0.05, 0) is 13.8 Å². The molecule has 1 amide bonds. The Morgan fingerprint density at radius 3 is 2.84 bits per heavy atom. The monoisotopic (exact) mass is 341 g/mol. The highest BCUT2D eigenvalue weighted by Crippen LogP contribution is 2.26. The minimum atomic E-state index is -0.431. The number of carbonyl (C=O) groups is 1. The molecule has 25 heavy (non-hydrogen) atoms. The minimum Gasteiger partial charge on any atom is -0.382 e. The molecule has 0 bridgehead atoms. The van der Waals surface area contributed by atoms with Crippen LogP contribution in [0, 0.1) is 0 Å². The minimum absolute atomic E-state index is 0.0862. The van der Waals surface area contributed by atoms with Gasteiger partial charge >= 0.3 is 0 Å². The average molecular weight is 341 g/mol. The molecule has 1 atom stereocenters. The first-order valence-electron chi connectivity index (χ1n) is 8.31. The standard InChI is InChI=1S/C19H23N3O3/c1-19(2)12-22(10-15(25-19)11-24-3)18(23)16-9-20-13-21-17(16)14-7-5-4-6-8-14/h4-9,13,15H,10-12H2,1-3H3. The SMILES string of the molecule is COCC1CN(C(=O)c2cncnc2-c2ccccc2)CC(C)(C)O1. The molecule has 1 aromatic carbocycles. The van der Waals surface area contributed by atoms with Crippen molar-refractivity contribution in [2.24, 2.45) is 0 Å². The maximum absolute atomic E-state index is 13.2. The third-order valence-corrected chi connectivity index (χ3v) is 4.11. The smallest absolute Gasteiger partial charge is 0.257 e. The van der Waals surface area contributed by atoms with Crippen molar-refractivity contribution >= 4 is 5.91 Å². The number of methoxy groups -OCH3 is 1. The first-order chi connectivity index (χ1) is 12.0. The van der Waals surface area contributed by atoms with Gasteiger partial charge in [0.05, 0.1) is 29.6 Å². The molecule has 2 aromatic rings. The number of nitrogens with zero attached hydrogens (tertiary/aromatic N) is 3. The highest BCUT2D eigenvalue weighted by Gasteiger charge is 2.36. The van der Waals surface area contributed by atoms with Crippen molar-refractivity contribution in [1.29, 1.82) is 0 Å². The number of hydrogen-bond donors (Lipinski definition) is 0. The fourth-order valence-electron chi connectivity index (χ4n) is 3.21. The van der Waals surface area contributed by atoms with E-state index in [1.807, 2.05) is 44.2 Å². The van der Waals surface area contributed by atoms with Gasteiger partial charge in [-0.15, -0.1) is 0 Å². The largest absolute Gasteiger partial charge is 0.382 e. The van der Waals surface area contributed by atoms with Gasteiger partial charge in [0.25, 0.3) is 5.91 Å². The van der Waals surface area contributed by atoms with Gasteiger partial charge in [0.15, 0.2) is 0 Å². The van der Waals surface area contributed by atoms with E-state index in [-0.39, 0.29) is 12.0 Å². The lowest BCUT2D eigenvalue weighted by Gasteiger charge is -2.42. The van der Waals surface area contributed by atoms with Gasteiger partial charge in [-0.25, -0.2) is 9.97 Å². The van der Waals surface area contributed by atoms with Crippen molar-refractivity contribution in [2.45, 2.75) is 25.6 Å². The van der Waals surface area contributed by atoms with Crippen LogP contribution in [0.2, 0.25) is 0 Å². The number of carbonyl (C=O) groups excluding carboxylic acids is 1. The van der Waals surface area contributed by atoms with Crippen LogP contribution in [-0.4, -0.2) is 59.3 Å². The molecule has 6 heteroatoms. The van der Waals surface area contributed by atoms with Crippen molar-refractivity contribution in [3.05, 3.63) is 48.4 Å². The second-order valence-electron chi connectivity index (χ2n) is 6.79. The van der Waals surface area contributed by atoms with Crippen molar-refractivity contribution < 1.29 is 14.3 Å². The Balaban J connectivity index is 1.91. The highest BCUT2D eigenvalue weighted by atomic mass is 16.5. The Labute approximate surface area is 147 Å². The fourth-order valence-corrected chi connectivity index (χ4v) is 3.21. The molecule has 6 nitrogen and oxygen atoms in total. The molecule has 0 radical (unpaired) electrons. The third-order valence-electron chi connectivity index (χ3n) is 4.11. The summed E-state index contributed by atoms with van der Waals surface area (Å²) in [6.07, 6.45) is 2.91. The zero-order valence-corrected chi connectivity index (χ0v) is 14.8. The maximum Gasteiger partial charge on any atom is 0.257 e. The summed E-state index contributed by atoms with van der Waals surface area (Å²) in [4.78, 5) is 23.4. The number of aromatic nitrogens is 2. The zero-order valence-electron chi connectivity index (χ0n) is 14.8. The van der Waals surface area contributed by atoms with Gasteiger partial charge < -0.3 is 14.4 Å². The van der Waals surface area contributed by atoms with Gasteiger partial charge in [-0.3, -0.25) is 4.79 Å². The highest BCUT2D eigenvalue weighted by molar-refractivity contribution is 5.99. The van der Waals surface area contributed by atoms with E-state index in [1.165, 1.54) is 6.33 Å². The van der Waals surface area contributed by atoms with Crippen LogP contribution in [0.5, 0.6) is 0 Å². The normalized spacial score (nSPS) is 19.6. The van der Waals surface area contributed by atoms with Crippen LogP contribution < -0.4 is 0 Å². The molecular weight excluding hydrogens is 318 g/mol. The Kier molecular flexibility index (Phi) is 5.11. The van der Waals surface area contributed by atoms with E-state index < -0.39 is 5.60 Å². The molecule has 0 spiro atoms. The van der Waals surface area contributed by atoms with Crippen LogP contribution in [0.25, 0.3) is 11.3 Å². The molecule has 1 aliphatic heterocycles. The number of ether oxygens (including phenoxy) is 2. The summed E-state index contributed by atoms with van der Waals surface area (Å²) in [5.74, 6) is -0.0862. The Hall–Kier alpha value is -2.31. The number of hydrogen-bond acceptors (Lipinski definition) is 5. The number of amides is 1. The molecule has 2 heterocycles.